The Hall–Kier alpha value is -0.160. The molecule has 2 aliphatic rings. The molecule has 0 amide bonds. The van der Waals surface area contributed by atoms with E-state index >= 15 is 0 Å². The van der Waals surface area contributed by atoms with Crippen molar-refractivity contribution < 1.29 is 4.39 Å². The molecule has 1 aromatic rings. The summed E-state index contributed by atoms with van der Waals surface area (Å²) in [5, 5.41) is 0. The highest BCUT2D eigenvalue weighted by molar-refractivity contribution is 9.10. The monoisotopic (exact) mass is 362 g/mol. The number of hydrogen-bond donors (Lipinski definition) is 1. The van der Waals surface area contributed by atoms with Gasteiger partial charge in [-0.2, -0.15) is 0 Å². The lowest BCUT2D eigenvalue weighted by molar-refractivity contribution is 0.259. The van der Waals surface area contributed by atoms with Gasteiger partial charge in [-0.1, -0.05) is 22.4 Å². The first-order valence-corrected chi connectivity index (χ1v) is 7.84. The van der Waals surface area contributed by atoms with Crippen LogP contribution in [-0.2, 0) is 6.54 Å². The van der Waals surface area contributed by atoms with Gasteiger partial charge >= 0.3 is 0 Å². The number of likely N-dealkylation sites (tertiary alicyclic amines) is 1. The quantitative estimate of drug-likeness (QED) is 0.870. The summed E-state index contributed by atoms with van der Waals surface area (Å²) in [6, 6.07) is 5.28. The van der Waals surface area contributed by atoms with Crippen LogP contribution in [0.15, 0.2) is 22.7 Å². The van der Waals surface area contributed by atoms with Crippen LogP contribution in [0.3, 0.4) is 0 Å². The zero-order valence-corrected chi connectivity index (χ0v) is 13.8. The highest BCUT2D eigenvalue weighted by Crippen LogP contribution is 2.36. The molecular weight excluding hydrogens is 343 g/mol. The summed E-state index contributed by atoms with van der Waals surface area (Å²) in [5.41, 5.74) is 7.27. The van der Waals surface area contributed by atoms with Crippen molar-refractivity contribution in [3.63, 3.8) is 0 Å². The SMILES string of the molecule is Cl.NC1CCCC2CN(Cc3cc(F)ccc3Br)CC12. The van der Waals surface area contributed by atoms with Crippen molar-refractivity contribution >= 4 is 28.3 Å². The van der Waals surface area contributed by atoms with Crippen LogP contribution >= 0.6 is 28.3 Å². The van der Waals surface area contributed by atoms with E-state index in [1.807, 2.05) is 0 Å². The molecule has 0 spiro atoms. The van der Waals surface area contributed by atoms with Gasteiger partial charge in [0.15, 0.2) is 0 Å². The predicted molar refractivity (Wildman–Crippen MR) is 85.4 cm³/mol. The standard InChI is InChI=1S/C15H20BrFN2.ClH/c16-14-5-4-12(17)6-11(14)8-19-7-10-2-1-3-15(18)13(10)9-19;/h4-6,10,13,15H,1-3,7-9,18H2;1H. The average molecular weight is 364 g/mol. The molecule has 2 nitrogen and oxygen atoms in total. The van der Waals surface area contributed by atoms with Crippen LogP contribution < -0.4 is 5.73 Å². The Kier molecular flexibility index (Phi) is 5.46. The fourth-order valence-corrected chi connectivity index (χ4v) is 4.02. The number of halogens is 3. The van der Waals surface area contributed by atoms with Gasteiger partial charge in [-0.15, -0.1) is 12.4 Å². The van der Waals surface area contributed by atoms with Crippen molar-refractivity contribution in [2.24, 2.45) is 17.6 Å². The van der Waals surface area contributed by atoms with E-state index in [2.05, 4.69) is 20.8 Å². The number of nitrogens with zero attached hydrogens (tertiary/aromatic N) is 1. The summed E-state index contributed by atoms with van der Waals surface area (Å²) >= 11 is 3.51. The van der Waals surface area contributed by atoms with Crippen molar-refractivity contribution in [3.05, 3.63) is 34.1 Å². The molecule has 3 unspecified atom stereocenters. The van der Waals surface area contributed by atoms with E-state index in [9.17, 15) is 4.39 Å². The molecule has 3 rings (SSSR count). The largest absolute Gasteiger partial charge is 0.327 e. The van der Waals surface area contributed by atoms with Crippen LogP contribution in [0.4, 0.5) is 4.39 Å². The molecular formula is C15H21BrClFN2. The van der Waals surface area contributed by atoms with Crippen LogP contribution in [-0.4, -0.2) is 24.0 Å². The maximum absolute atomic E-state index is 13.3. The minimum atomic E-state index is -0.161. The maximum Gasteiger partial charge on any atom is 0.123 e. The van der Waals surface area contributed by atoms with Gasteiger partial charge in [-0.25, -0.2) is 4.39 Å². The van der Waals surface area contributed by atoms with Crippen LogP contribution in [0.2, 0.25) is 0 Å². The van der Waals surface area contributed by atoms with Gasteiger partial charge in [-0.05, 0) is 48.4 Å². The van der Waals surface area contributed by atoms with Gasteiger partial charge in [0.1, 0.15) is 5.82 Å². The Morgan fingerprint density at radius 3 is 2.85 bits per heavy atom. The molecule has 20 heavy (non-hydrogen) atoms. The molecule has 1 aliphatic heterocycles. The molecule has 1 saturated heterocycles. The van der Waals surface area contributed by atoms with Gasteiger partial charge in [-0.3, -0.25) is 4.90 Å². The summed E-state index contributed by atoms with van der Waals surface area (Å²) in [6.45, 7) is 2.99. The average Bonchev–Trinajstić information content (AvgIpc) is 2.78. The van der Waals surface area contributed by atoms with Gasteiger partial charge in [0.25, 0.3) is 0 Å². The summed E-state index contributed by atoms with van der Waals surface area (Å²) in [6.07, 6.45) is 3.73. The van der Waals surface area contributed by atoms with E-state index in [1.54, 1.807) is 12.1 Å². The van der Waals surface area contributed by atoms with Crippen molar-refractivity contribution in [3.8, 4) is 0 Å². The molecule has 1 aliphatic carbocycles. The van der Waals surface area contributed by atoms with Crippen molar-refractivity contribution in [2.45, 2.75) is 31.8 Å². The Bertz CT molecular complexity index is 471. The van der Waals surface area contributed by atoms with Crippen molar-refractivity contribution in [1.29, 1.82) is 0 Å². The Balaban J connectivity index is 0.00000147. The van der Waals surface area contributed by atoms with Gasteiger partial charge in [0, 0.05) is 30.1 Å². The maximum atomic E-state index is 13.3. The van der Waals surface area contributed by atoms with Crippen LogP contribution in [0, 0.1) is 17.7 Å². The van der Waals surface area contributed by atoms with E-state index in [1.165, 1.54) is 25.3 Å². The third kappa shape index (κ3) is 3.35. The van der Waals surface area contributed by atoms with Gasteiger partial charge in [0.2, 0.25) is 0 Å². The lowest BCUT2D eigenvalue weighted by atomic mass is 9.78. The van der Waals surface area contributed by atoms with Gasteiger partial charge < -0.3 is 5.73 Å². The summed E-state index contributed by atoms with van der Waals surface area (Å²) in [5.74, 6) is 1.23. The number of rotatable bonds is 2. The first-order chi connectivity index (χ1) is 9.13. The van der Waals surface area contributed by atoms with Crippen LogP contribution in [0.25, 0.3) is 0 Å². The van der Waals surface area contributed by atoms with E-state index in [4.69, 9.17) is 5.73 Å². The minimum absolute atomic E-state index is 0. The molecule has 5 heteroatoms. The van der Waals surface area contributed by atoms with E-state index in [0.29, 0.717) is 12.0 Å². The highest BCUT2D eigenvalue weighted by atomic mass is 79.9. The van der Waals surface area contributed by atoms with E-state index in [-0.39, 0.29) is 18.2 Å². The molecule has 0 radical (unpaired) electrons. The van der Waals surface area contributed by atoms with Crippen molar-refractivity contribution in [1.82, 2.24) is 4.90 Å². The molecule has 0 bridgehead atoms. The Morgan fingerprint density at radius 2 is 2.10 bits per heavy atom. The molecule has 1 aromatic carbocycles. The lowest BCUT2D eigenvalue weighted by Gasteiger charge is -2.29. The topological polar surface area (TPSA) is 29.3 Å². The molecule has 2 fully saturated rings. The summed E-state index contributed by atoms with van der Waals surface area (Å²) in [4.78, 5) is 2.43. The van der Waals surface area contributed by atoms with Crippen molar-refractivity contribution in [2.75, 3.05) is 13.1 Å². The molecule has 3 atom stereocenters. The summed E-state index contributed by atoms with van der Waals surface area (Å²) in [7, 11) is 0. The number of nitrogens with two attached hydrogens (primary N) is 1. The predicted octanol–water partition coefficient (Wildman–Crippen LogP) is 3.57. The zero-order chi connectivity index (χ0) is 13.4. The Morgan fingerprint density at radius 1 is 1.30 bits per heavy atom. The molecule has 0 aromatic heterocycles. The second kappa shape index (κ2) is 6.73. The fraction of sp³-hybridized carbons (Fsp3) is 0.600. The fourth-order valence-electron chi connectivity index (χ4n) is 3.64. The van der Waals surface area contributed by atoms with E-state index in [0.717, 1.165) is 35.6 Å². The first-order valence-electron chi connectivity index (χ1n) is 7.05. The molecule has 2 N–H and O–H groups in total. The number of hydrogen-bond acceptors (Lipinski definition) is 2. The second-order valence-corrected chi connectivity index (χ2v) is 6.80. The molecule has 112 valence electrons. The third-order valence-corrected chi connectivity index (χ3v) is 5.40. The molecule has 1 heterocycles. The minimum Gasteiger partial charge on any atom is -0.327 e. The first kappa shape index (κ1) is 16.2. The summed E-state index contributed by atoms with van der Waals surface area (Å²) < 4.78 is 14.3. The van der Waals surface area contributed by atoms with Crippen LogP contribution in [0.1, 0.15) is 24.8 Å². The zero-order valence-electron chi connectivity index (χ0n) is 11.4. The molecule has 1 saturated carbocycles. The smallest absolute Gasteiger partial charge is 0.123 e. The number of benzene rings is 1. The second-order valence-electron chi connectivity index (χ2n) is 5.95. The van der Waals surface area contributed by atoms with E-state index < -0.39 is 0 Å². The van der Waals surface area contributed by atoms with Gasteiger partial charge in [0.05, 0.1) is 0 Å². The van der Waals surface area contributed by atoms with Crippen LogP contribution in [0.5, 0.6) is 0 Å². The Labute approximate surface area is 134 Å². The highest BCUT2D eigenvalue weighted by Gasteiger charge is 2.38. The lowest BCUT2D eigenvalue weighted by Crippen LogP contribution is -2.38. The normalized spacial score (nSPS) is 29.9. The number of fused-ring (bicyclic) bond motifs is 1. The third-order valence-electron chi connectivity index (χ3n) is 4.63.